The molecule has 0 radical (unpaired) electrons. The minimum absolute atomic E-state index is 0.0273. The first-order valence-electron chi connectivity index (χ1n) is 8.70. The molecule has 0 saturated heterocycles. The Morgan fingerprint density at radius 1 is 1.15 bits per heavy atom. The van der Waals surface area contributed by atoms with E-state index in [9.17, 15) is 4.79 Å². The van der Waals surface area contributed by atoms with Crippen LogP contribution < -0.4 is 5.32 Å². The molecule has 0 spiro atoms. The van der Waals surface area contributed by atoms with Gasteiger partial charge < -0.3 is 10.3 Å². The molecule has 4 aromatic rings. The minimum Gasteiger partial charge on any atom is -0.322 e. The van der Waals surface area contributed by atoms with Crippen molar-refractivity contribution in [1.29, 1.82) is 0 Å². The molecular weight excluding hydrogens is 406 g/mol. The number of nitrogens with one attached hydrogen (secondary N) is 2. The fraction of sp³-hybridized carbons (Fsp3) is 0.150. The van der Waals surface area contributed by atoms with Crippen molar-refractivity contribution in [3.8, 4) is 5.95 Å². The van der Waals surface area contributed by atoms with Gasteiger partial charge >= 0.3 is 0 Å². The number of aromatic amines is 1. The van der Waals surface area contributed by atoms with Crippen LogP contribution in [0.2, 0.25) is 0 Å². The van der Waals surface area contributed by atoms with Crippen molar-refractivity contribution in [1.82, 2.24) is 19.7 Å². The maximum Gasteiger partial charge on any atom is 0.231 e. The monoisotopic (exact) mass is 421 g/mol. The maximum atomic E-state index is 12.5. The summed E-state index contributed by atoms with van der Waals surface area (Å²) in [6.07, 6.45) is 0.391. The van der Waals surface area contributed by atoms with E-state index < -0.39 is 0 Å². The number of H-pyrrole nitrogens is 1. The Hall–Kier alpha value is -2.93. The van der Waals surface area contributed by atoms with Gasteiger partial charge in [-0.1, -0.05) is 46.3 Å². The van der Waals surface area contributed by atoms with Gasteiger partial charge in [0.2, 0.25) is 11.9 Å². The lowest BCUT2D eigenvalue weighted by Crippen LogP contribution is -2.25. The van der Waals surface area contributed by atoms with Gasteiger partial charge in [0, 0.05) is 22.4 Å². The Morgan fingerprint density at radius 2 is 1.93 bits per heavy atom. The molecule has 2 aromatic carbocycles. The van der Waals surface area contributed by atoms with Crippen molar-refractivity contribution < 1.29 is 4.79 Å². The summed E-state index contributed by atoms with van der Waals surface area (Å²) in [7, 11) is 0. The van der Waals surface area contributed by atoms with Gasteiger partial charge in [-0.15, -0.1) is 0 Å². The predicted molar refractivity (Wildman–Crippen MR) is 107 cm³/mol. The molecule has 0 aliphatic carbocycles. The molecule has 1 amide bonds. The molecule has 0 saturated carbocycles. The Kier molecular flexibility index (Phi) is 3.65. The van der Waals surface area contributed by atoms with Crippen molar-refractivity contribution in [3.63, 3.8) is 0 Å². The summed E-state index contributed by atoms with van der Waals surface area (Å²) in [6.45, 7) is 1.97. The first-order chi connectivity index (χ1) is 13.1. The first-order valence-corrected chi connectivity index (χ1v) is 9.50. The molecule has 1 aliphatic heterocycles. The summed E-state index contributed by atoms with van der Waals surface area (Å²) in [4.78, 5) is 20.4. The summed E-state index contributed by atoms with van der Waals surface area (Å²) in [5.41, 5.74) is 4.78. The summed E-state index contributed by atoms with van der Waals surface area (Å²) in [5.74, 6) is 1.19. The number of hydrogen-bond acceptors (Lipinski definition) is 3. The number of anilines is 1. The zero-order valence-electron chi connectivity index (χ0n) is 14.5. The van der Waals surface area contributed by atoms with Crippen molar-refractivity contribution in [2.75, 3.05) is 5.32 Å². The molecule has 134 valence electrons. The number of aryl methyl sites for hydroxylation is 1. The quantitative estimate of drug-likeness (QED) is 0.506. The zero-order chi connectivity index (χ0) is 18.5. The van der Waals surface area contributed by atoms with Crippen LogP contribution in [0.5, 0.6) is 0 Å². The van der Waals surface area contributed by atoms with Crippen LogP contribution in [0.15, 0.2) is 53.0 Å². The molecule has 1 aliphatic rings. The van der Waals surface area contributed by atoms with Crippen LogP contribution in [-0.4, -0.2) is 25.7 Å². The Labute approximate surface area is 163 Å². The second kappa shape index (κ2) is 6.06. The smallest absolute Gasteiger partial charge is 0.231 e. The van der Waals surface area contributed by atoms with Gasteiger partial charge in [0.1, 0.15) is 5.82 Å². The van der Waals surface area contributed by atoms with Crippen LogP contribution in [0.3, 0.4) is 0 Å². The molecule has 27 heavy (non-hydrogen) atoms. The van der Waals surface area contributed by atoms with E-state index in [0.29, 0.717) is 18.2 Å². The number of hydrogen-bond donors (Lipinski definition) is 2. The Balaban J connectivity index is 1.70. The normalized spacial score (nSPS) is 16.4. The van der Waals surface area contributed by atoms with Crippen LogP contribution in [0.1, 0.15) is 29.2 Å². The van der Waals surface area contributed by atoms with Gasteiger partial charge in [-0.25, -0.2) is 4.98 Å². The lowest BCUT2D eigenvalue weighted by atomic mass is 9.86. The lowest BCUT2D eigenvalue weighted by Gasteiger charge is -2.24. The molecule has 3 heterocycles. The van der Waals surface area contributed by atoms with E-state index in [0.717, 1.165) is 32.3 Å². The second-order valence-electron chi connectivity index (χ2n) is 6.66. The van der Waals surface area contributed by atoms with E-state index in [4.69, 9.17) is 5.10 Å². The molecule has 2 N–H and O–H groups in total. The number of benzene rings is 2. The van der Waals surface area contributed by atoms with Crippen LogP contribution >= 0.6 is 15.9 Å². The molecule has 2 aromatic heterocycles. The number of nitrogens with zero attached hydrogens (tertiary/aromatic N) is 3. The highest BCUT2D eigenvalue weighted by Crippen LogP contribution is 2.42. The first kappa shape index (κ1) is 16.3. The minimum atomic E-state index is -0.0533. The lowest BCUT2D eigenvalue weighted by molar-refractivity contribution is -0.116. The van der Waals surface area contributed by atoms with Gasteiger partial charge in [0.15, 0.2) is 0 Å². The SMILES string of the molecule is Cc1nn(-c2nc3ccccc3[nH]2)c2c1[C@H](c1ccccc1Br)CC(=O)N2. The second-order valence-corrected chi connectivity index (χ2v) is 7.52. The maximum absolute atomic E-state index is 12.5. The van der Waals surface area contributed by atoms with Gasteiger partial charge in [-0.3, -0.25) is 4.79 Å². The molecular formula is C20H16BrN5O. The van der Waals surface area contributed by atoms with Gasteiger partial charge in [-0.05, 0) is 30.7 Å². The number of halogens is 1. The van der Waals surface area contributed by atoms with E-state index >= 15 is 0 Å². The van der Waals surface area contributed by atoms with Crippen LogP contribution in [0.25, 0.3) is 17.0 Å². The number of rotatable bonds is 2. The van der Waals surface area contributed by atoms with Crippen molar-refractivity contribution in [3.05, 3.63) is 69.8 Å². The van der Waals surface area contributed by atoms with E-state index in [2.05, 4.69) is 37.3 Å². The summed E-state index contributed by atoms with van der Waals surface area (Å²) < 4.78 is 2.69. The molecule has 0 unspecified atom stereocenters. The van der Waals surface area contributed by atoms with Crippen LogP contribution in [0.4, 0.5) is 5.82 Å². The number of amides is 1. The fourth-order valence-corrected chi connectivity index (χ4v) is 4.32. The fourth-order valence-electron chi connectivity index (χ4n) is 3.76. The third-order valence-corrected chi connectivity index (χ3v) is 5.68. The van der Waals surface area contributed by atoms with Crippen molar-refractivity contribution >= 4 is 38.7 Å². The number of carbonyl (C=O) groups is 1. The highest BCUT2D eigenvalue weighted by molar-refractivity contribution is 9.10. The van der Waals surface area contributed by atoms with Crippen LogP contribution in [-0.2, 0) is 4.79 Å². The third kappa shape index (κ3) is 2.57. The van der Waals surface area contributed by atoms with Crippen molar-refractivity contribution in [2.45, 2.75) is 19.3 Å². The summed E-state index contributed by atoms with van der Waals surface area (Å²) in [6, 6.07) is 15.8. The number of para-hydroxylation sites is 2. The standard InChI is InChI=1S/C20H16BrN5O/c1-11-18-13(12-6-2-3-7-14(12)21)10-17(27)24-19(18)26(25-11)20-22-15-8-4-5-9-16(15)23-20/h2-9,13H,10H2,1H3,(H,22,23)(H,24,27)/t13-/m0/s1. The molecule has 0 bridgehead atoms. The topological polar surface area (TPSA) is 75.6 Å². The molecule has 0 fully saturated rings. The number of carbonyl (C=O) groups excluding carboxylic acids is 1. The Bertz CT molecular complexity index is 1160. The average Bonchev–Trinajstić information content (AvgIpc) is 3.22. The van der Waals surface area contributed by atoms with E-state index in [1.165, 1.54) is 0 Å². The number of aromatic nitrogens is 4. The number of fused-ring (bicyclic) bond motifs is 2. The highest BCUT2D eigenvalue weighted by atomic mass is 79.9. The van der Waals surface area contributed by atoms with E-state index in [1.807, 2.05) is 49.4 Å². The van der Waals surface area contributed by atoms with E-state index in [-0.39, 0.29) is 11.8 Å². The predicted octanol–water partition coefficient (Wildman–Crippen LogP) is 4.29. The zero-order valence-corrected chi connectivity index (χ0v) is 16.1. The largest absolute Gasteiger partial charge is 0.322 e. The van der Waals surface area contributed by atoms with Crippen LogP contribution in [0, 0.1) is 6.92 Å². The van der Waals surface area contributed by atoms with Gasteiger partial charge in [0.25, 0.3) is 0 Å². The molecule has 5 rings (SSSR count). The molecule has 1 atom stereocenters. The van der Waals surface area contributed by atoms with Gasteiger partial charge in [0.05, 0.1) is 16.7 Å². The summed E-state index contributed by atoms with van der Waals surface area (Å²) >= 11 is 3.63. The average molecular weight is 422 g/mol. The number of imidazole rings is 1. The summed E-state index contributed by atoms with van der Waals surface area (Å²) in [5, 5.41) is 7.69. The Morgan fingerprint density at radius 3 is 2.74 bits per heavy atom. The van der Waals surface area contributed by atoms with E-state index in [1.54, 1.807) is 4.68 Å². The molecule has 7 heteroatoms. The van der Waals surface area contributed by atoms with Gasteiger partial charge in [-0.2, -0.15) is 9.78 Å². The third-order valence-electron chi connectivity index (χ3n) is 4.96. The molecule has 6 nitrogen and oxygen atoms in total. The van der Waals surface area contributed by atoms with Crippen molar-refractivity contribution in [2.24, 2.45) is 0 Å². The highest BCUT2D eigenvalue weighted by Gasteiger charge is 2.34.